The normalized spacial score (nSPS) is 20.6. The number of rotatable bonds is 4. The third kappa shape index (κ3) is 2.99. The van der Waals surface area contributed by atoms with Crippen LogP contribution in [-0.4, -0.2) is 29.6 Å². The Balaban J connectivity index is 2.09. The van der Waals surface area contributed by atoms with E-state index in [2.05, 4.69) is 5.32 Å². The van der Waals surface area contributed by atoms with Gasteiger partial charge in [0.25, 0.3) is 5.91 Å². The van der Waals surface area contributed by atoms with Crippen molar-refractivity contribution in [3.63, 3.8) is 0 Å². The highest BCUT2D eigenvalue weighted by Crippen LogP contribution is 2.27. The number of ether oxygens (including phenoxy) is 1. The average molecular weight is 277 g/mol. The van der Waals surface area contributed by atoms with E-state index in [4.69, 9.17) is 9.84 Å². The number of hydrogen-bond acceptors (Lipinski definition) is 3. The van der Waals surface area contributed by atoms with E-state index in [0.29, 0.717) is 6.61 Å². The standard InChI is InChI=1S/C15H19NO4/c1-9(15(18)19)10(2)16-14(17)13-12-6-4-3-5-11(12)7-8-20-13/h3-6,9-10,13H,7-8H2,1-2H3,(H,16,17)(H,18,19). The molecule has 3 unspecified atom stereocenters. The maximum Gasteiger partial charge on any atom is 0.308 e. The van der Waals surface area contributed by atoms with Crippen molar-refractivity contribution < 1.29 is 19.4 Å². The van der Waals surface area contributed by atoms with Gasteiger partial charge in [0.2, 0.25) is 0 Å². The molecule has 20 heavy (non-hydrogen) atoms. The first kappa shape index (κ1) is 14.5. The fourth-order valence-corrected chi connectivity index (χ4v) is 2.25. The molecule has 0 aromatic heterocycles. The summed E-state index contributed by atoms with van der Waals surface area (Å²) in [5.41, 5.74) is 1.98. The van der Waals surface area contributed by atoms with Gasteiger partial charge in [-0.1, -0.05) is 24.3 Å². The molecule has 3 atom stereocenters. The van der Waals surface area contributed by atoms with Crippen LogP contribution in [0.15, 0.2) is 24.3 Å². The van der Waals surface area contributed by atoms with E-state index in [9.17, 15) is 9.59 Å². The Bertz CT molecular complexity index is 514. The summed E-state index contributed by atoms with van der Waals surface area (Å²) < 4.78 is 5.55. The molecule has 0 fully saturated rings. The van der Waals surface area contributed by atoms with E-state index < -0.39 is 24.0 Å². The molecule has 1 aliphatic rings. The van der Waals surface area contributed by atoms with Crippen LogP contribution in [0.25, 0.3) is 0 Å². The van der Waals surface area contributed by atoms with Crippen molar-refractivity contribution in [3.8, 4) is 0 Å². The van der Waals surface area contributed by atoms with Gasteiger partial charge in [-0.2, -0.15) is 0 Å². The zero-order valence-corrected chi connectivity index (χ0v) is 11.6. The summed E-state index contributed by atoms with van der Waals surface area (Å²) in [4.78, 5) is 23.2. The minimum atomic E-state index is -0.928. The fraction of sp³-hybridized carbons (Fsp3) is 0.467. The highest BCUT2D eigenvalue weighted by molar-refractivity contribution is 5.83. The summed E-state index contributed by atoms with van der Waals surface area (Å²) in [6.07, 6.45) is 0.143. The smallest absolute Gasteiger partial charge is 0.308 e. The zero-order chi connectivity index (χ0) is 14.7. The van der Waals surface area contributed by atoms with Crippen LogP contribution in [0.5, 0.6) is 0 Å². The van der Waals surface area contributed by atoms with Gasteiger partial charge >= 0.3 is 5.97 Å². The van der Waals surface area contributed by atoms with Gasteiger partial charge in [-0.15, -0.1) is 0 Å². The first-order chi connectivity index (χ1) is 9.50. The highest BCUT2D eigenvalue weighted by atomic mass is 16.5. The highest BCUT2D eigenvalue weighted by Gasteiger charge is 2.30. The molecule has 1 aromatic carbocycles. The lowest BCUT2D eigenvalue weighted by Crippen LogP contribution is -2.43. The quantitative estimate of drug-likeness (QED) is 0.875. The van der Waals surface area contributed by atoms with Crippen LogP contribution in [0.3, 0.4) is 0 Å². The Labute approximate surface area is 117 Å². The minimum Gasteiger partial charge on any atom is -0.481 e. The number of fused-ring (bicyclic) bond motifs is 1. The number of carboxylic acid groups (broad SMARTS) is 1. The predicted octanol–water partition coefficient (Wildman–Crippen LogP) is 1.53. The number of benzene rings is 1. The van der Waals surface area contributed by atoms with Crippen molar-refractivity contribution in [3.05, 3.63) is 35.4 Å². The molecule has 0 radical (unpaired) electrons. The number of carbonyl (C=O) groups is 2. The first-order valence-electron chi connectivity index (χ1n) is 6.73. The van der Waals surface area contributed by atoms with Crippen molar-refractivity contribution >= 4 is 11.9 Å². The average Bonchev–Trinajstić information content (AvgIpc) is 2.45. The lowest BCUT2D eigenvalue weighted by atomic mass is 9.96. The number of nitrogens with one attached hydrogen (secondary N) is 1. The van der Waals surface area contributed by atoms with Crippen LogP contribution in [0.1, 0.15) is 31.1 Å². The molecule has 108 valence electrons. The van der Waals surface area contributed by atoms with E-state index in [-0.39, 0.29) is 5.91 Å². The van der Waals surface area contributed by atoms with E-state index in [1.807, 2.05) is 24.3 Å². The summed E-state index contributed by atoms with van der Waals surface area (Å²) in [6, 6.07) is 7.23. The topological polar surface area (TPSA) is 75.6 Å². The number of carbonyl (C=O) groups excluding carboxylic acids is 1. The summed E-state index contributed by atoms with van der Waals surface area (Å²) in [6.45, 7) is 3.76. The molecule has 2 rings (SSSR count). The minimum absolute atomic E-state index is 0.280. The van der Waals surface area contributed by atoms with Crippen LogP contribution in [-0.2, 0) is 20.7 Å². The molecule has 1 amide bonds. The predicted molar refractivity (Wildman–Crippen MR) is 73.2 cm³/mol. The number of carboxylic acids is 1. The van der Waals surface area contributed by atoms with Crippen LogP contribution in [0.4, 0.5) is 0 Å². The van der Waals surface area contributed by atoms with Crippen LogP contribution in [0, 0.1) is 5.92 Å². The van der Waals surface area contributed by atoms with E-state index in [0.717, 1.165) is 17.5 Å². The van der Waals surface area contributed by atoms with Crippen molar-refractivity contribution in [2.24, 2.45) is 5.92 Å². The number of hydrogen-bond donors (Lipinski definition) is 2. The molecule has 1 heterocycles. The third-order valence-electron chi connectivity index (χ3n) is 3.74. The number of amides is 1. The van der Waals surface area contributed by atoms with Gasteiger partial charge in [0.1, 0.15) is 0 Å². The van der Waals surface area contributed by atoms with Gasteiger partial charge in [-0.3, -0.25) is 9.59 Å². The molecule has 5 heteroatoms. The lowest BCUT2D eigenvalue weighted by molar-refractivity contribution is -0.143. The number of aliphatic carboxylic acids is 1. The fourth-order valence-electron chi connectivity index (χ4n) is 2.25. The Morgan fingerprint density at radius 3 is 2.75 bits per heavy atom. The van der Waals surface area contributed by atoms with Gasteiger partial charge in [0.15, 0.2) is 6.10 Å². The molecular formula is C15H19NO4. The summed E-state index contributed by atoms with van der Waals surface area (Å²) in [7, 11) is 0. The largest absolute Gasteiger partial charge is 0.481 e. The molecule has 0 spiro atoms. The molecule has 2 N–H and O–H groups in total. The van der Waals surface area contributed by atoms with Crippen LogP contribution in [0.2, 0.25) is 0 Å². The molecule has 5 nitrogen and oxygen atoms in total. The summed E-state index contributed by atoms with van der Waals surface area (Å²) in [5.74, 6) is -1.85. The summed E-state index contributed by atoms with van der Waals surface area (Å²) in [5, 5.41) is 11.7. The molecule has 0 saturated carbocycles. The van der Waals surface area contributed by atoms with Crippen molar-refractivity contribution in [1.29, 1.82) is 0 Å². The monoisotopic (exact) mass is 277 g/mol. The maximum atomic E-state index is 12.3. The zero-order valence-electron chi connectivity index (χ0n) is 11.6. The van der Waals surface area contributed by atoms with Crippen molar-refractivity contribution in [2.45, 2.75) is 32.4 Å². The molecule has 1 aliphatic heterocycles. The van der Waals surface area contributed by atoms with Crippen LogP contribution < -0.4 is 5.32 Å². The molecule has 1 aromatic rings. The second-order valence-electron chi connectivity index (χ2n) is 5.12. The molecule has 0 saturated heterocycles. The van der Waals surface area contributed by atoms with Crippen molar-refractivity contribution in [2.75, 3.05) is 6.61 Å². The lowest BCUT2D eigenvalue weighted by Gasteiger charge is -2.27. The van der Waals surface area contributed by atoms with Gasteiger partial charge in [-0.05, 0) is 31.4 Å². The van der Waals surface area contributed by atoms with Gasteiger partial charge < -0.3 is 15.2 Å². The van der Waals surface area contributed by atoms with E-state index in [1.165, 1.54) is 0 Å². The third-order valence-corrected chi connectivity index (χ3v) is 3.74. The Hall–Kier alpha value is -1.88. The van der Waals surface area contributed by atoms with E-state index >= 15 is 0 Å². The Morgan fingerprint density at radius 1 is 1.35 bits per heavy atom. The maximum absolute atomic E-state index is 12.3. The first-order valence-corrected chi connectivity index (χ1v) is 6.73. The Morgan fingerprint density at radius 2 is 2.05 bits per heavy atom. The second-order valence-corrected chi connectivity index (χ2v) is 5.12. The van der Waals surface area contributed by atoms with E-state index in [1.54, 1.807) is 13.8 Å². The SMILES string of the molecule is CC(NC(=O)C1OCCc2ccccc21)C(C)C(=O)O. The molecular weight excluding hydrogens is 258 g/mol. The second kappa shape index (κ2) is 6.05. The van der Waals surface area contributed by atoms with Gasteiger partial charge in [0.05, 0.1) is 12.5 Å². The van der Waals surface area contributed by atoms with Gasteiger partial charge in [-0.25, -0.2) is 0 Å². The van der Waals surface area contributed by atoms with Gasteiger partial charge in [0, 0.05) is 6.04 Å². The molecule has 0 bridgehead atoms. The van der Waals surface area contributed by atoms with Crippen LogP contribution >= 0.6 is 0 Å². The Kier molecular flexibility index (Phi) is 4.39. The van der Waals surface area contributed by atoms with Crippen molar-refractivity contribution in [1.82, 2.24) is 5.32 Å². The summed E-state index contributed by atoms with van der Waals surface area (Å²) >= 11 is 0. The molecule has 0 aliphatic carbocycles.